The Labute approximate surface area is 217 Å². The molecule has 2 saturated heterocycles. The van der Waals surface area contributed by atoms with E-state index in [2.05, 4.69) is 29.2 Å². The summed E-state index contributed by atoms with van der Waals surface area (Å²) >= 11 is 0. The van der Waals surface area contributed by atoms with Crippen LogP contribution in [0.2, 0.25) is 0 Å². The van der Waals surface area contributed by atoms with Gasteiger partial charge in [-0.25, -0.2) is 4.98 Å². The molecule has 2 fully saturated rings. The molecule has 3 heterocycles. The number of carbonyl (C=O) groups excluding carboxylic acids is 3. The molecule has 0 bridgehead atoms. The zero-order valence-electron chi connectivity index (χ0n) is 21.6. The van der Waals surface area contributed by atoms with Gasteiger partial charge in [-0.05, 0) is 69.0 Å². The Kier molecular flexibility index (Phi) is 8.27. The third-order valence-electron chi connectivity index (χ3n) is 7.20. The Balaban J connectivity index is 1.48. The topological polar surface area (TPSA) is 127 Å². The predicted molar refractivity (Wildman–Crippen MR) is 138 cm³/mol. The van der Waals surface area contributed by atoms with Gasteiger partial charge in [0.1, 0.15) is 17.9 Å². The number of rotatable bonds is 7. The number of likely N-dealkylation sites (N-methyl/N-ethyl adjacent to an activating group) is 1. The maximum atomic E-state index is 13.3. The molecule has 0 radical (unpaired) electrons. The number of piperidine rings is 1. The average molecular weight is 510 g/mol. The molecule has 10 nitrogen and oxygen atoms in total. The minimum Gasteiger partial charge on any atom is -0.492 e. The summed E-state index contributed by atoms with van der Waals surface area (Å²) in [5.74, 6) is -1.14. The normalized spacial score (nSPS) is 21.9. The van der Waals surface area contributed by atoms with Gasteiger partial charge in [0.2, 0.25) is 5.88 Å². The largest absolute Gasteiger partial charge is 0.492 e. The quantitative estimate of drug-likeness (QED) is 0.549. The molecule has 4 rings (SSSR count). The molecule has 0 unspecified atom stereocenters. The summed E-state index contributed by atoms with van der Waals surface area (Å²) in [6, 6.07) is 9.30. The van der Waals surface area contributed by atoms with Crippen molar-refractivity contribution >= 4 is 23.4 Å². The fraction of sp³-hybridized carbons (Fsp3) is 0.481. The molecule has 0 spiro atoms. The Bertz CT molecular complexity index is 1160. The molecule has 2 aliphatic heterocycles. The van der Waals surface area contributed by atoms with Crippen molar-refractivity contribution in [2.45, 2.75) is 44.7 Å². The summed E-state index contributed by atoms with van der Waals surface area (Å²) < 4.78 is 11.1. The molecule has 1 aromatic carbocycles. The zero-order valence-corrected chi connectivity index (χ0v) is 21.6. The Hall–Kier alpha value is -3.66. The zero-order chi connectivity index (χ0) is 26.5. The summed E-state index contributed by atoms with van der Waals surface area (Å²) in [7, 11) is 3.48. The van der Waals surface area contributed by atoms with Crippen molar-refractivity contribution in [3.05, 3.63) is 47.7 Å². The van der Waals surface area contributed by atoms with Crippen LogP contribution in [-0.4, -0.2) is 72.4 Å². The Morgan fingerprint density at radius 2 is 2.00 bits per heavy atom. The first-order valence-electron chi connectivity index (χ1n) is 12.7. The van der Waals surface area contributed by atoms with Crippen molar-refractivity contribution in [3.8, 4) is 11.6 Å². The van der Waals surface area contributed by atoms with Gasteiger partial charge < -0.3 is 30.3 Å². The second kappa shape index (κ2) is 11.6. The highest BCUT2D eigenvalue weighted by atomic mass is 16.5. The number of benzene rings is 1. The number of hydrogen-bond acceptors (Lipinski definition) is 7. The predicted octanol–water partition coefficient (Wildman–Crippen LogP) is 2.60. The standard InChI is InChI=1S/C27H35N5O5/c1-17-9-10-23(18-6-4-8-21(12-18)37-16-20-7-5-11-31(20)2)32(15-17)27(35)25(34)30-19-13-22(24(28)33)26(36-3)29-14-19/h4,6,8,12-14,17,20,23H,5,7,9-11,15-16H2,1-3H3,(H2,28,33)(H,30,34)/t17-,20-,23+/m0/s1. The molecule has 3 amide bonds. The Morgan fingerprint density at radius 1 is 1.19 bits per heavy atom. The molecule has 0 saturated carbocycles. The van der Waals surface area contributed by atoms with Crippen molar-refractivity contribution in [2.75, 3.05) is 39.2 Å². The van der Waals surface area contributed by atoms with Gasteiger partial charge in [-0.15, -0.1) is 0 Å². The van der Waals surface area contributed by atoms with Crippen LogP contribution in [0.4, 0.5) is 5.69 Å². The van der Waals surface area contributed by atoms with Gasteiger partial charge in [-0.3, -0.25) is 14.4 Å². The van der Waals surface area contributed by atoms with Crippen molar-refractivity contribution < 1.29 is 23.9 Å². The molecular weight excluding hydrogens is 474 g/mol. The minimum atomic E-state index is -0.807. The number of pyridine rings is 1. The number of nitrogens with two attached hydrogens (primary N) is 1. The van der Waals surface area contributed by atoms with Crippen LogP contribution in [0.1, 0.15) is 54.6 Å². The van der Waals surface area contributed by atoms with Gasteiger partial charge in [0, 0.05) is 12.6 Å². The fourth-order valence-electron chi connectivity index (χ4n) is 5.09. The maximum absolute atomic E-state index is 13.3. The monoisotopic (exact) mass is 509 g/mol. The van der Waals surface area contributed by atoms with E-state index >= 15 is 0 Å². The molecule has 0 aliphatic carbocycles. The number of hydrogen-bond donors (Lipinski definition) is 2. The van der Waals surface area contributed by atoms with Crippen molar-refractivity contribution in [1.29, 1.82) is 0 Å². The van der Waals surface area contributed by atoms with Crippen LogP contribution in [0, 0.1) is 5.92 Å². The van der Waals surface area contributed by atoms with Crippen molar-refractivity contribution in [2.24, 2.45) is 11.7 Å². The van der Waals surface area contributed by atoms with Gasteiger partial charge in [0.05, 0.1) is 25.0 Å². The second-order valence-electron chi connectivity index (χ2n) is 9.92. The summed E-state index contributed by atoms with van der Waals surface area (Å²) in [6.45, 7) is 4.24. The van der Waals surface area contributed by atoms with Crippen LogP contribution in [0.25, 0.3) is 0 Å². The van der Waals surface area contributed by atoms with E-state index in [4.69, 9.17) is 15.2 Å². The number of methoxy groups -OCH3 is 1. The first-order valence-corrected chi connectivity index (χ1v) is 12.7. The van der Waals surface area contributed by atoms with E-state index in [1.54, 1.807) is 4.90 Å². The summed E-state index contributed by atoms with van der Waals surface area (Å²) in [4.78, 5) is 45.9. The number of anilines is 1. The lowest BCUT2D eigenvalue weighted by atomic mass is 9.89. The summed E-state index contributed by atoms with van der Waals surface area (Å²) in [5.41, 5.74) is 6.51. The summed E-state index contributed by atoms with van der Waals surface area (Å²) in [6.07, 6.45) is 5.30. The smallest absolute Gasteiger partial charge is 0.313 e. The lowest BCUT2D eigenvalue weighted by molar-refractivity contribution is -0.146. The molecule has 10 heteroatoms. The van der Waals surface area contributed by atoms with E-state index in [0.717, 1.165) is 37.1 Å². The molecule has 1 aromatic heterocycles. The highest BCUT2D eigenvalue weighted by molar-refractivity contribution is 6.39. The van der Waals surface area contributed by atoms with Crippen LogP contribution in [0.3, 0.4) is 0 Å². The van der Waals surface area contributed by atoms with Gasteiger partial charge in [-0.2, -0.15) is 0 Å². The lowest BCUT2D eigenvalue weighted by Crippen LogP contribution is -2.46. The van der Waals surface area contributed by atoms with Crippen molar-refractivity contribution in [3.63, 3.8) is 0 Å². The lowest BCUT2D eigenvalue weighted by Gasteiger charge is -2.38. The highest BCUT2D eigenvalue weighted by Gasteiger charge is 2.34. The molecular formula is C27H35N5O5. The van der Waals surface area contributed by atoms with Crippen LogP contribution < -0.4 is 20.5 Å². The average Bonchev–Trinajstić information content (AvgIpc) is 3.31. The van der Waals surface area contributed by atoms with Gasteiger partial charge >= 0.3 is 11.8 Å². The van der Waals surface area contributed by atoms with E-state index in [1.807, 2.05) is 24.3 Å². The molecule has 37 heavy (non-hydrogen) atoms. The third-order valence-corrected chi connectivity index (χ3v) is 7.20. The van der Waals surface area contributed by atoms with Crippen LogP contribution >= 0.6 is 0 Å². The number of likely N-dealkylation sites (tertiary alicyclic amines) is 2. The number of nitrogens with zero attached hydrogens (tertiary/aromatic N) is 3. The molecule has 198 valence electrons. The van der Waals surface area contributed by atoms with Crippen LogP contribution in [0.15, 0.2) is 36.5 Å². The van der Waals surface area contributed by atoms with E-state index in [-0.39, 0.29) is 29.1 Å². The minimum absolute atomic E-state index is 0.0119. The Morgan fingerprint density at radius 3 is 2.70 bits per heavy atom. The summed E-state index contributed by atoms with van der Waals surface area (Å²) in [5, 5.41) is 2.55. The van der Waals surface area contributed by atoms with Crippen LogP contribution in [0.5, 0.6) is 11.6 Å². The number of ether oxygens (including phenoxy) is 2. The SMILES string of the molecule is COc1ncc(NC(=O)C(=O)N2C[C@@H](C)CC[C@@H]2c2cccc(OC[C@@H]3CCCN3C)c2)cc1C(N)=O. The number of primary amides is 1. The number of carbonyl (C=O) groups is 3. The molecule has 2 aromatic rings. The molecule has 2 aliphatic rings. The fourth-order valence-corrected chi connectivity index (χ4v) is 5.09. The molecule has 3 N–H and O–H groups in total. The number of amides is 3. The van der Waals surface area contributed by atoms with Gasteiger partial charge in [-0.1, -0.05) is 19.1 Å². The third kappa shape index (κ3) is 6.19. The molecule has 3 atom stereocenters. The van der Waals surface area contributed by atoms with Gasteiger partial charge in [0.25, 0.3) is 5.91 Å². The van der Waals surface area contributed by atoms with E-state index in [9.17, 15) is 14.4 Å². The van der Waals surface area contributed by atoms with Crippen LogP contribution in [-0.2, 0) is 9.59 Å². The first-order chi connectivity index (χ1) is 17.8. The highest BCUT2D eigenvalue weighted by Crippen LogP contribution is 2.35. The van der Waals surface area contributed by atoms with Crippen molar-refractivity contribution in [1.82, 2.24) is 14.8 Å². The van der Waals surface area contributed by atoms with E-state index in [1.165, 1.54) is 25.8 Å². The number of aromatic nitrogens is 1. The maximum Gasteiger partial charge on any atom is 0.313 e. The first kappa shape index (κ1) is 26.4. The number of nitrogens with one attached hydrogen (secondary N) is 1. The second-order valence-corrected chi connectivity index (χ2v) is 9.92. The van der Waals surface area contributed by atoms with E-state index < -0.39 is 17.7 Å². The van der Waals surface area contributed by atoms with E-state index in [0.29, 0.717) is 19.2 Å². The van der Waals surface area contributed by atoms with Gasteiger partial charge in [0.15, 0.2) is 0 Å².